The first-order valence-corrected chi connectivity index (χ1v) is 6.07. The van der Waals surface area contributed by atoms with Gasteiger partial charge >= 0.3 is 0 Å². The number of halogens is 2. The van der Waals surface area contributed by atoms with Crippen LogP contribution in [0.4, 0.5) is 5.82 Å². The van der Waals surface area contributed by atoms with Crippen molar-refractivity contribution < 1.29 is 4.79 Å². The van der Waals surface area contributed by atoms with Crippen molar-refractivity contribution in [2.45, 2.75) is 12.5 Å². The van der Waals surface area contributed by atoms with Gasteiger partial charge in [-0.15, -0.1) is 0 Å². The van der Waals surface area contributed by atoms with Crippen LogP contribution >= 0.6 is 27.5 Å². The number of pyridine rings is 1. The number of carbonyl (C=O) groups is 1. The van der Waals surface area contributed by atoms with Gasteiger partial charge in [-0.2, -0.15) is 0 Å². The van der Waals surface area contributed by atoms with E-state index in [1.807, 2.05) is 0 Å². The first kappa shape index (κ1) is 11.7. The number of rotatable bonds is 2. The van der Waals surface area contributed by atoms with E-state index in [0.717, 1.165) is 17.4 Å². The molecule has 1 aromatic heterocycles. The zero-order chi connectivity index (χ0) is 11.7. The van der Waals surface area contributed by atoms with Gasteiger partial charge in [0.05, 0.1) is 9.50 Å². The Morgan fingerprint density at radius 2 is 2.44 bits per heavy atom. The normalized spacial score (nSPS) is 20.3. The summed E-state index contributed by atoms with van der Waals surface area (Å²) in [6.45, 7) is 0.779. The largest absolute Gasteiger partial charge is 0.357 e. The maximum absolute atomic E-state index is 11.7. The second-order valence-electron chi connectivity index (χ2n) is 3.73. The van der Waals surface area contributed by atoms with Crippen LogP contribution in [0.15, 0.2) is 16.7 Å². The molecule has 1 unspecified atom stereocenters. The molecule has 16 heavy (non-hydrogen) atoms. The topological polar surface area (TPSA) is 45.2 Å². The summed E-state index contributed by atoms with van der Waals surface area (Å²) >= 11 is 9.15. The lowest BCUT2D eigenvalue weighted by molar-refractivity contribution is -0.127. The van der Waals surface area contributed by atoms with E-state index in [2.05, 4.69) is 26.2 Å². The van der Waals surface area contributed by atoms with Crippen LogP contribution in [0, 0.1) is 0 Å². The van der Waals surface area contributed by atoms with Crippen LogP contribution in [-0.4, -0.2) is 35.4 Å². The van der Waals surface area contributed by atoms with Crippen LogP contribution < -0.4 is 5.32 Å². The Hall–Kier alpha value is -0.810. The number of anilines is 1. The van der Waals surface area contributed by atoms with Crippen LogP contribution in [0.25, 0.3) is 0 Å². The van der Waals surface area contributed by atoms with E-state index < -0.39 is 0 Å². The molecule has 1 aliphatic heterocycles. The molecule has 86 valence electrons. The second-order valence-corrected chi connectivity index (χ2v) is 5.02. The summed E-state index contributed by atoms with van der Waals surface area (Å²) in [5, 5.41) is 3.67. The van der Waals surface area contributed by atoms with Gasteiger partial charge in [0.2, 0.25) is 5.91 Å². The number of likely N-dealkylation sites (tertiary alicyclic amines) is 1. The molecule has 0 saturated carbocycles. The van der Waals surface area contributed by atoms with Crippen LogP contribution in [0.3, 0.4) is 0 Å². The van der Waals surface area contributed by atoms with Gasteiger partial charge in [0, 0.05) is 19.8 Å². The number of hydrogen-bond acceptors (Lipinski definition) is 3. The minimum Gasteiger partial charge on any atom is -0.357 e. The van der Waals surface area contributed by atoms with Crippen molar-refractivity contribution in [2.75, 3.05) is 18.9 Å². The summed E-state index contributed by atoms with van der Waals surface area (Å²) in [6, 6.07) is 1.56. The lowest BCUT2D eigenvalue weighted by Crippen LogP contribution is -2.31. The summed E-state index contributed by atoms with van der Waals surface area (Å²) in [5.74, 6) is 0.752. The Labute approximate surface area is 107 Å². The smallest absolute Gasteiger partial charge is 0.244 e. The van der Waals surface area contributed by atoms with Gasteiger partial charge in [0.1, 0.15) is 11.9 Å². The van der Waals surface area contributed by atoms with Crippen molar-refractivity contribution in [1.29, 1.82) is 0 Å². The highest BCUT2D eigenvalue weighted by atomic mass is 79.9. The molecule has 1 amide bonds. The summed E-state index contributed by atoms with van der Waals surface area (Å²) in [6.07, 6.45) is 2.35. The van der Waals surface area contributed by atoms with Gasteiger partial charge in [-0.1, -0.05) is 11.6 Å². The first-order valence-electron chi connectivity index (χ1n) is 4.90. The van der Waals surface area contributed by atoms with Crippen molar-refractivity contribution >= 4 is 39.3 Å². The van der Waals surface area contributed by atoms with E-state index in [9.17, 15) is 4.79 Å². The number of aromatic nitrogens is 1. The predicted molar refractivity (Wildman–Crippen MR) is 66.6 cm³/mol. The molecule has 0 spiro atoms. The molecule has 0 aliphatic carbocycles. The van der Waals surface area contributed by atoms with Gasteiger partial charge in [0.25, 0.3) is 0 Å². The zero-order valence-corrected chi connectivity index (χ0v) is 11.0. The van der Waals surface area contributed by atoms with Crippen molar-refractivity contribution in [3.8, 4) is 0 Å². The fraction of sp³-hybridized carbons (Fsp3) is 0.400. The highest BCUT2D eigenvalue weighted by molar-refractivity contribution is 9.10. The van der Waals surface area contributed by atoms with E-state index in [0.29, 0.717) is 10.8 Å². The van der Waals surface area contributed by atoms with Crippen LogP contribution in [0.2, 0.25) is 5.02 Å². The molecule has 1 N–H and O–H groups in total. The maximum Gasteiger partial charge on any atom is 0.244 e. The monoisotopic (exact) mass is 303 g/mol. The average molecular weight is 305 g/mol. The molecule has 1 saturated heterocycles. The quantitative estimate of drug-likeness (QED) is 0.910. The minimum atomic E-state index is -0.185. The van der Waals surface area contributed by atoms with Crippen molar-refractivity contribution in [3.05, 3.63) is 21.8 Å². The molecule has 0 aromatic carbocycles. The minimum absolute atomic E-state index is 0.101. The summed E-state index contributed by atoms with van der Waals surface area (Å²) in [7, 11) is 1.80. The molecule has 1 aliphatic rings. The maximum atomic E-state index is 11.7. The van der Waals surface area contributed by atoms with E-state index in [1.165, 1.54) is 0 Å². The molecule has 6 heteroatoms. The average Bonchev–Trinajstić information content (AvgIpc) is 2.54. The number of hydrogen-bond donors (Lipinski definition) is 1. The molecule has 2 heterocycles. The number of carbonyl (C=O) groups excluding carboxylic acids is 1. The highest BCUT2D eigenvalue weighted by Crippen LogP contribution is 2.25. The third kappa shape index (κ3) is 2.30. The molecule has 1 fully saturated rings. The van der Waals surface area contributed by atoms with Crippen molar-refractivity contribution in [3.63, 3.8) is 0 Å². The van der Waals surface area contributed by atoms with E-state index in [4.69, 9.17) is 11.6 Å². The second kappa shape index (κ2) is 4.59. The number of nitrogens with zero attached hydrogens (tertiary/aromatic N) is 2. The molecule has 2 rings (SSSR count). The number of likely N-dealkylation sites (N-methyl/N-ethyl adjacent to an activating group) is 1. The Balaban J connectivity index is 2.12. The molecule has 0 bridgehead atoms. The molecule has 1 atom stereocenters. The molecule has 4 nitrogen and oxygen atoms in total. The van der Waals surface area contributed by atoms with Crippen molar-refractivity contribution in [2.24, 2.45) is 0 Å². The molecule has 1 aromatic rings. The molecular weight excluding hydrogens is 293 g/mol. The lowest BCUT2D eigenvalue weighted by Gasteiger charge is -2.13. The van der Waals surface area contributed by atoms with Gasteiger partial charge in [-0.3, -0.25) is 4.79 Å². The van der Waals surface area contributed by atoms with E-state index in [1.54, 1.807) is 24.2 Å². The standard InChI is InChI=1S/C10H11BrClN3O/c1-15-3-2-8(10(15)16)14-9-7(11)4-6(12)5-13-9/h4-5,8H,2-3H2,1H3,(H,13,14). The van der Waals surface area contributed by atoms with Gasteiger partial charge in [-0.05, 0) is 28.4 Å². The first-order chi connectivity index (χ1) is 7.58. The lowest BCUT2D eigenvalue weighted by atomic mass is 10.2. The zero-order valence-electron chi connectivity index (χ0n) is 8.70. The third-order valence-corrected chi connectivity index (χ3v) is 3.36. The number of nitrogens with one attached hydrogen (secondary N) is 1. The highest BCUT2D eigenvalue weighted by Gasteiger charge is 2.29. The third-order valence-electron chi connectivity index (χ3n) is 2.55. The van der Waals surface area contributed by atoms with Crippen LogP contribution in [0.5, 0.6) is 0 Å². The van der Waals surface area contributed by atoms with Crippen molar-refractivity contribution in [1.82, 2.24) is 9.88 Å². The summed E-state index contributed by atoms with van der Waals surface area (Å²) < 4.78 is 0.766. The van der Waals surface area contributed by atoms with Crippen LogP contribution in [0.1, 0.15) is 6.42 Å². The van der Waals surface area contributed by atoms with Gasteiger partial charge < -0.3 is 10.2 Å². The molecule has 0 radical (unpaired) electrons. The van der Waals surface area contributed by atoms with E-state index >= 15 is 0 Å². The Kier molecular flexibility index (Phi) is 3.35. The SMILES string of the molecule is CN1CCC(Nc2ncc(Cl)cc2Br)C1=O. The molecular formula is C10H11BrClN3O. The number of amides is 1. The van der Waals surface area contributed by atoms with Crippen LogP contribution in [-0.2, 0) is 4.79 Å². The van der Waals surface area contributed by atoms with Gasteiger partial charge in [0.15, 0.2) is 0 Å². The predicted octanol–water partition coefficient (Wildman–Crippen LogP) is 2.14. The van der Waals surface area contributed by atoms with Gasteiger partial charge in [-0.25, -0.2) is 4.98 Å². The summed E-state index contributed by atoms with van der Waals surface area (Å²) in [4.78, 5) is 17.5. The fourth-order valence-corrected chi connectivity index (χ4v) is 2.40. The Morgan fingerprint density at radius 3 is 3.00 bits per heavy atom. The Bertz CT molecular complexity index is 427. The van der Waals surface area contributed by atoms with E-state index in [-0.39, 0.29) is 11.9 Å². The summed E-state index contributed by atoms with van der Waals surface area (Å²) in [5.41, 5.74) is 0. The fourth-order valence-electron chi connectivity index (χ4n) is 1.64. The Morgan fingerprint density at radius 1 is 1.69 bits per heavy atom.